The Morgan fingerprint density at radius 1 is 1.43 bits per heavy atom. The third-order valence-corrected chi connectivity index (χ3v) is 3.76. The van der Waals surface area contributed by atoms with Gasteiger partial charge in [-0.2, -0.15) is 0 Å². The van der Waals surface area contributed by atoms with Gasteiger partial charge in [-0.15, -0.1) is 11.6 Å². The smallest absolute Gasteiger partial charge is 0.341 e. The zero-order valence-corrected chi connectivity index (χ0v) is 14.0. The molecule has 0 unspecified atom stereocenters. The Bertz CT molecular complexity index is 677. The normalized spacial score (nSPS) is 10.5. The van der Waals surface area contributed by atoms with Gasteiger partial charge in [0.2, 0.25) is 0 Å². The predicted molar refractivity (Wildman–Crippen MR) is 85.4 cm³/mol. The van der Waals surface area contributed by atoms with Gasteiger partial charge in [-0.05, 0) is 31.5 Å². The van der Waals surface area contributed by atoms with E-state index in [1.807, 2.05) is 25.1 Å². The number of aryl methyl sites for hydroxylation is 1. The Balaban J connectivity index is 2.45. The quantitative estimate of drug-likeness (QED) is 0.600. The number of nitrogens with zero attached hydrogens (tertiary/aromatic N) is 2. The largest absolute Gasteiger partial charge is 0.462 e. The van der Waals surface area contributed by atoms with Crippen LogP contribution in [0.5, 0.6) is 0 Å². The van der Waals surface area contributed by atoms with Crippen molar-refractivity contribution < 1.29 is 9.53 Å². The molecule has 0 aliphatic rings. The van der Waals surface area contributed by atoms with Gasteiger partial charge >= 0.3 is 5.97 Å². The summed E-state index contributed by atoms with van der Waals surface area (Å²) in [5.74, 6) is 0.181. The van der Waals surface area contributed by atoms with Crippen molar-refractivity contribution in [1.82, 2.24) is 9.97 Å². The first kappa shape index (κ1) is 15.9. The van der Waals surface area contributed by atoms with E-state index in [-0.39, 0.29) is 5.88 Å². The van der Waals surface area contributed by atoms with Gasteiger partial charge in [0.05, 0.1) is 18.2 Å². The highest BCUT2D eigenvalue weighted by atomic mass is 79.9. The Morgan fingerprint density at radius 2 is 2.19 bits per heavy atom. The lowest BCUT2D eigenvalue weighted by Crippen LogP contribution is -2.10. The summed E-state index contributed by atoms with van der Waals surface area (Å²) in [7, 11) is 0. The third kappa shape index (κ3) is 3.60. The van der Waals surface area contributed by atoms with Crippen molar-refractivity contribution in [3.8, 4) is 11.4 Å². The van der Waals surface area contributed by atoms with Gasteiger partial charge in [-0.3, -0.25) is 0 Å². The van der Waals surface area contributed by atoms with Gasteiger partial charge in [0, 0.05) is 16.2 Å². The topological polar surface area (TPSA) is 52.1 Å². The van der Waals surface area contributed by atoms with E-state index in [0.29, 0.717) is 23.7 Å². The number of carbonyl (C=O) groups excluding carboxylic acids is 1. The molecular weight excluding hydrogens is 356 g/mol. The zero-order chi connectivity index (χ0) is 15.4. The second-order valence-electron chi connectivity index (χ2n) is 4.39. The molecule has 2 aromatic rings. The maximum absolute atomic E-state index is 11.8. The molecule has 0 fully saturated rings. The van der Waals surface area contributed by atoms with Crippen molar-refractivity contribution in [3.05, 3.63) is 45.7 Å². The minimum Gasteiger partial charge on any atom is -0.462 e. The number of carbonyl (C=O) groups is 1. The number of halogens is 2. The molecule has 0 N–H and O–H groups in total. The minimum absolute atomic E-state index is 0.118. The van der Waals surface area contributed by atoms with E-state index in [9.17, 15) is 4.79 Å². The molecule has 0 bridgehead atoms. The van der Waals surface area contributed by atoms with Crippen molar-refractivity contribution in [2.75, 3.05) is 6.61 Å². The third-order valence-electron chi connectivity index (χ3n) is 2.86. The molecule has 0 aliphatic carbocycles. The number of ether oxygens (including phenoxy) is 1. The first-order valence-corrected chi connectivity index (χ1v) is 7.75. The van der Waals surface area contributed by atoms with Gasteiger partial charge in [0.1, 0.15) is 5.56 Å². The van der Waals surface area contributed by atoms with Crippen molar-refractivity contribution in [1.29, 1.82) is 0 Å². The molecule has 1 heterocycles. The van der Waals surface area contributed by atoms with Crippen molar-refractivity contribution >= 4 is 33.5 Å². The Hall–Kier alpha value is -1.46. The standard InChI is InChI=1S/C15H14BrClN2O2/c1-3-21-15(20)11-8-18-14(19-13(11)7-17)10-5-4-9(2)6-12(10)16/h4-6,8H,3,7H2,1-2H3. The maximum atomic E-state index is 11.8. The van der Waals surface area contributed by atoms with Crippen LogP contribution in [0.15, 0.2) is 28.9 Å². The molecule has 6 heteroatoms. The molecule has 0 radical (unpaired) electrons. The first-order chi connectivity index (χ1) is 10.1. The minimum atomic E-state index is -0.456. The summed E-state index contributed by atoms with van der Waals surface area (Å²) in [5, 5.41) is 0. The molecule has 1 aromatic carbocycles. The highest BCUT2D eigenvalue weighted by molar-refractivity contribution is 9.10. The monoisotopic (exact) mass is 368 g/mol. The van der Waals surface area contributed by atoms with Crippen LogP contribution in [-0.4, -0.2) is 22.5 Å². The predicted octanol–water partition coefficient (Wildman–Crippen LogP) is 4.13. The molecule has 110 valence electrons. The van der Waals surface area contributed by atoms with Crippen LogP contribution >= 0.6 is 27.5 Å². The summed E-state index contributed by atoms with van der Waals surface area (Å²) in [6, 6.07) is 5.89. The van der Waals surface area contributed by atoms with Gasteiger partial charge in [-0.25, -0.2) is 14.8 Å². The summed E-state index contributed by atoms with van der Waals surface area (Å²) < 4.78 is 5.86. The number of esters is 1. The van der Waals surface area contributed by atoms with E-state index in [2.05, 4.69) is 25.9 Å². The number of hydrogen-bond donors (Lipinski definition) is 0. The van der Waals surface area contributed by atoms with Crippen LogP contribution in [-0.2, 0) is 10.6 Å². The Labute approximate surface area is 136 Å². The van der Waals surface area contributed by atoms with Gasteiger partial charge in [-0.1, -0.05) is 22.0 Å². The van der Waals surface area contributed by atoms with E-state index < -0.39 is 5.97 Å². The zero-order valence-electron chi connectivity index (χ0n) is 11.7. The van der Waals surface area contributed by atoms with Crippen LogP contribution in [0.4, 0.5) is 0 Å². The highest BCUT2D eigenvalue weighted by Gasteiger charge is 2.16. The van der Waals surface area contributed by atoms with Crippen molar-refractivity contribution in [2.45, 2.75) is 19.7 Å². The number of aromatic nitrogens is 2. The molecule has 0 aliphatic heterocycles. The van der Waals surface area contributed by atoms with Gasteiger partial charge in [0.15, 0.2) is 5.82 Å². The van der Waals surface area contributed by atoms with Crippen LogP contribution < -0.4 is 0 Å². The molecule has 0 atom stereocenters. The van der Waals surface area contributed by atoms with Crippen LogP contribution in [0.1, 0.15) is 28.5 Å². The van der Waals surface area contributed by atoms with E-state index in [1.165, 1.54) is 6.20 Å². The number of benzene rings is 1. The Kier molecular flexibility index (Phi) is 5.31. The van der Waals surface area contributed by atoms with Crippen LogP contribution in [0.25, 0.3) is 11.4 Å². The molecule has 0 amide bonds. The van der Waals surface area contributed by atoms with E-state index in [0.717, 1.165) is 15.6 Å². The van der Waals surface area contributed by atoms with E-state index in [4.69, 9.17) is 16.3 Å². The summed E-state index contributed by atoms with van der Waals surface area (Å²) in [6.45, 7) is 4.05. The van der Waals surface area contributed by atoms with Crippen LogP contribution in [0, 0.1) is 6.92 Å². The lowest BCUT2D eigenvalue weighted by molar-refractivity contribution is 0.0524. The summed E-state index contributed by atoms with van der Waals surface area (Å²) in [4.78, 5) is 20.4. The summed E-state index contributed by atoms with van der Waals surface area (Å²) in [6.07, 6.45) is 1.46. The molecule has 2 rings (SSSR count). The second kappa shape index (κ2) is 7.00. The average Bonchev–Trinajstić information content (AvgIpc) is 2.47. The van der Waals surface area contributed by atoms with E-state index >= 15 is 0 Å². The number of rotatable bonds is 4. The molecule has 4 nitrogen and oxygen atoms in total. The fraction of sp³-hybridized carbons (Fsp3) is 0.267. The highest BCUT2D eigenvalue weighted by Crippen LogP contribution is 2.27. The lowest BCUT2D eigenvalue weighted by atomic mass is 10.1. The fourth-order valence-electron chi connectivity index (χ4n) is 1.83. The van der Waals surface area contributed by atoms with Gasteiger partial charge < -0.3 is 4.74 Å². The van der Waals surface area contributed by atoms with Crippen LogP contribution in [0.3, 0.4) is 0 Å². The van der Waals surface area contributed by atoms with Crippen molar-refractivity contribution in [3.63, 3.8) is 0 Å². The number of alkyl halides is 1. The lowest BCUT2D eigenvalue weighted by Gasteiger charge is -2.09. The number of hydrogen-bond acceptors (Lipinski definition) is 4. The maximum Gasteiger partial charge on any atom is 0.341 e. The molecular formula is C15H14BrClN2O2. The Morgan fingerprint density at radius 3 is 2.81 bits per heavy atom. The summed E-state index contributed by atoms with van der Waals surface area (Å²) >= 11 is 9.39. The van der Waals surface area contributed by atoms with Gasteiger partial charge in [0.25, 0.3) is 0 Å². The summed E-state index contributed by atoms with van der Waals surface area (Å²) in [5.41, 5.74) is 2.75. The van der Waals surface area contributed by atoms with Crippen molar-refractivity contribution in [2.24, 2.45) is 0 Å². The molecule has 0 saturated carbocycles. The first-order valence-electron chi connectivity index (χ1n) is 6.42. The second-order valence-corrected chi connectivity index (χ2v) is 5.51. The SMILES string of the molecule is CCOC(=O)c1cnc(-c2ccc(C)cc2Br)nc1CCl. The van der Waals surface area contributed by atoms with Crippen LogP contribution in [0.2, 0.25) is 0 Å². The van der Waals surface area contributed by atoms with E-state index in [1.54, 1.807) is 6.92 Å². The molecule has 0 saturated heterocycles. The average molecular weight is 370 g/mol. The fourth-order valence-corrected chi connectivity index (χ4v) is 2.70. The molecule has 1 aromatic heterocycles. The molecule has 21 heavy (non-hydrogen) atoms. The molecule has 0 spiro atoms.